The molecular weight excluding hydrogens is 224 g/mol. The Balaban J connectivity index is 2.60. The maximum Gasteiger partial charge on any atom is 0.161 e. The Kier molecular flexibility index (Phi) is 2.75. The molecule has 0 bridgehead atoms. The molecule has 1 aromatic carbocycles. The van der Waals surface area contributed by atoms with Crippen LogP contribution in [-0.4, -0.2) is 9.97 Å². The summed E-state index contributed by atoms with van der Waals surface area (Å²) in [6.07, 6.45) is 0. The molecule has 0 aliphatic carbocycles. The fourth-order valence-electron chi connectivity index (χ4n) is 1.46. The third kappa shape index (κ3) is 2.22. The molecule has 0 fully saturated rings. The second kappa shape index (κ2) is 4.08. The van der Waals surface area contributed by atoms with Crippen LogP contribution < -0.4 is 5.73 Å². The Bertz CT molecular complexity index is 539. The fourth-order valence-corrected chi connectivity index (χ4v) is 1.46. The van der Waals surface area contributed by atoms with E-state index in [-0.39, 0.29) is 11.4 Å². The number of anilines is 1. The van der Waals surface area contributed by atoms with Crippen molar-refractivity contribution in [2.75, 3.05) is 5.73 Å². The minimum absolute atomic E-state index is 0.226. The van der Waals surface area contributed by atoms with E-state index in [2.05, 4.69) is 9.97 Å². The summed E-state index contributed by atoms with van der Waals surface area (Å²) in [5.74, 6) is -0.790. The number of aryl methyl sites for hydroxylation is 1. The van der Waals surface area contributed by atoms with Crippen molar-refractivity contribution in [1.82, 2.24) is 9.97 Å². The first-order valence-electron chi connectivity index (χ1n) is 5.04. The molecule has 88 valence electrons. The Labute approximate surface area is 97.3 Å². The van der Waals surface area contributed by atoms with Crippen molar-refractivity contribution in [2.45, 2.75) is 13.8 Å². The lowest BCUT2D eigenvalue weighted by molar-refractivity contribution is 0.584. The van der Waals surface area contributed by atoms with Gasteiger partial charge in [-0.15, -0.1) is 0 Å². The zero-order valence-corrected chi connectivity index (χ0v) is 9.46. The second-order valence-corrected chi connectivity index (χ2v) is 3.80. The molecule has 3 nitrogen and oxygen atoms in total. The highest BCUT2D eigenvalue weighted by Gasteiger charge is 2.09. The summed E-state index contributed by atoms with van der Waals surface area (Å²) in [7, 11) is 0. The van der Waals surface area contributed by atoms with E-state index in [1.54, 1.807) is 13.8 Å². The fraction of sp³-hybridized carbons (Fsp3) is 0.167. The lowest BCUT2D eigenvalue weighted by atomic mass is 10.1. The standard InChI is InChI=1S/C12H11F2N3/c1-6-7(2)16-12(17-11(6)15)8-3-9(13)5-10(14)4-8/h3-5H,1-2H3,(H2,15,16,17). The number of nitrogens with two attached hydrogens (primary N) is 1. The monoisotopic (exact) mass is 235 g/mol. The number of benzene rings is 1. The Morgan fingerprint density at radius 3 is 2.12 bits per heavy atom. The minimum atomic E-state index is -0.666. The predicted molar refractivity (Wildman–Crippen MR) is 61.3 cm³/mol. The van der Waals surface area contributed by atoms with E-state index < -0.39 is 11.6 Å². The van der Waals surface area contributed by atoms with Crippen molar-refractivity contribution >= 4 is 5.82 Å². The molecule has 0 aliphatic heterocycles. The molecule has 0 saturated carbocycles. The van der Waals surface area contributed by atoms with Gasteiger partial charge in [-0.1, -0.05) is 0 Å². The van der Waals surface area contributed by atoms with E-state index in [9.17, 15) is 8.78 Å². The molecule has 0 radical (unpaired) electrons. The molecule has 17 heavy (non-hydrogen) atoms. The lowest BCUT2D eigenvalue weighted by Gasteiger charge is -2.07. The van der Waals surface area contributed by atoms with Gasteiger partial charge in [-0.2, -0.15) is 0 Å². The van der Waals surface area contributed by atoms with Gasteiger partial charge >= 0.3 is 0 Å². The molecule has 0 atom stereocenters. The lowest BCUT2D eigenvalue weighted by Crippen LogP contribution is -2.02. The van der Waals surface area contributed by atoms with Gasteiger partial charge in [0.15, 0.2) is 5.82 Å². The van der Waals surface area contributed by atoms with Gasteiger partial charge in [0.2, 0.25) is 0 Å². The summed E-state index contributed by atoms with van der Waals surface area (Å²) in [6, 6.07) is 3.15. The van der Waals surface area contributed by atoms with Crippen LogP contribution in [0.4, 0.5) is 14.6 Å². The average Bonchev–Trinajstić information content (AvgIpc) is 2.23. The van der Waals surface area contributed by atoms with Crippen LogP contribution in [0, 0.1) is 25.5 Å². The number of nitrogen functional groups attached to an aromatic ring is 1. The van der Waals surface area contributed by atoms with Crippen molar-refractivity contribution < 1.29 is 8.78 Å². The van der Waals surface area contributed by atoms with Crippen molar-refractivity contribution in [2.24, 2.45) is 0 Å². The van der Waals surface area contributed by atoms with E-state index in [1.165, 1.54) is 12.1 Å². The van der Waals surface area contributed by atoms with E-state index in [1.807, 2.05) is 0 Å². The van der Waals surface area contributed by atoms with Gasteiger partial charge in [0, 0.05) is 22.9 Å². The van der Waals surface area contributed by atoms with Gasteiger partial charge in [-0.3, -0.25) is 0 Å². The quantitative estimate of drug-likeness (QED) is 0.826. The maximum absolute atomic E-state index is 13.1. The molecule has 1 heterocycles. The maximum atomic E-state index is 13.1. The van der Waals surface area contributed by atoms with Crippen LogP contribution in [0.3, 0.4) is 0 Å². The van der Waals surface area contributed by atoms with Crippen molar-refractivity contribution in [3.8, 4) is 11.4 Å². The summed E-state index contributed by atoms with van der Waals surface area (Å²) >= 11 is 0. The summed E-state index contributed by atoms with van der Waals surface area (Å²) in [5.41, 5.74) is 7.43. The molecule has 2 N–H and O–H groups in total. The minimum Gasteiger partial charge on any atom is -0.383 e. The van der Waals surface area contributed by atoms with E-state index in [4.69, 9.17) is 5.73 Å². The number of hydrogen-bond donors (Lipinski definition) is 1. The average molecular weight is 235 g/mol. The predicted octanol–water partition coefficient (Wildman–Crippen LogP) is 2.62. The first-order valence-corrected chi connectivity index (χ1v) is 5.04. The summed E-state index contributed by atoms with van der Waals surface area (Å²) < 4.78 is 26.1. The van der Waals surface area contributed by atoms with E-state index in [0.717, 1.165) is 11.6 Å². The van der Waals surface area contributed by atoms with Crippen molar-refractivity contribution in [3.63, 3.8) is 0 Å². The highest BCUT2D eigenvalue weighted by Crippen LogP contribution is 2.21. The second-order valence-electron chi connectivity index (χ2n) is 3.80. The van der Waals surface area contributed by atoms with Gasteiger partial charge < -0.3 is 5.73 Å². The zero-order valence-electron chi connectivity index (χ0n) is 9.46. The molecule has 1 aromatic heterocycles. The molecule has 0 aliphatic rings. The molecule has 0 spiro atoms. The Morgan fingerprint density at radius 1 is 1.00 bits per heavy atom. The number of halogens is 2. The number of aromatic nitrogens is 2. The molecule has 0 amide bonds. The first kappa shape index (κ1) is 11.4. The Hall–Kier alpha value is -2.04. The normalized spacial score (nSPS) is 10.6. The largest absolute Gasteiger partial charge is 0.383 e. The number of hydrogen-bond acceptors (Lipinski definition) is 3. The van der Waals surface area contributed by atoms with Crippen molar-refractivity contribution in [3.05, 3.63) is 41.1 Å². The van der Waals surface area contributed by atoms with Gasteiger partial charge in [0.05, 0.1) is 0 Å². The molecule has 0 unspecified atom stereocenters. The summed E-state index contributed by atoms with van der Waals surface area (Å²) in [6.45, 7) is 3.56. The zero-order chi connectivity index (χ0) is 12.6. The molecule has 2 rings (SSSR count). The number of rotatable bonds is 1. The van der Waals surface area contributed by atoms with Gasteiger partial charge in [0.1, 0.15) is 17.5 Å². The molecule has 0 saturated heterocycles. The number of nitrogens with zero attached hydrogens (tertiary/aromatic N) is 2. The topological polar surface area (TPSA) is 51.8 Å². The molecule has 2 aromatic rings. The SMILES string of the molecule is Cc1nc(-c2cc(F)cc(F)c2)nc(N)c1C. The molecule has 5 heteroatoms. The van der Waals surface area contributed by atoms with Gasteiger partial charge in [-0.05, 0) is 26.0 Å². The van der Waals surface area contributed by atoms with Crippen LogP contribution >= 0.6 is 0 Å². The highest BCUT2D eigenvalue weighted by atomic mass is 19.1. The Morgan fingerprint density at radius 2 is 1.59 bits per heavy atom. The smallest absolute Gasteiger partial charge is 0.161 e. The van der Waals surface area contributed by atoms with Crippen LogP contribution in [-0.2, 0) is 0 Å². The van der Waals surface area contributed by atoms with E-state index in [0.29, 0.717) is 11.5 Å². The van der Waals surface area contributed by atoms with Crippen molar-refractivity contribution in [1.29, 1.82) is 0 Å². The van der Waals surface area contributed by atoms with Crippen LogP contribution in [0.2, 0.25) is 0 Å². The third-order valence-corrected chi connectivity index (χ3v) is 2.55. The first-order chi connectivity index (χ1) is 7.97. The van der Waals surface area contributed by atoms with Crippen LogP contribution in [0.25, 0.3) is 11.4 Å². The summed E-state index contributed by atoms with van der Waals surface area (Å²) in [5, 5.41) is 0. The van der Waals surface area contributed by atoms with Gasteiger partial charge in [-0.25, -0.2) is 18.7 Å². The summed E-state index contributed by atoms with van der Waals surface area (Å²) in [4.78, 5) is 8.18. The van der Waals surface area contributed by atoms with E-state index >= 15 is 0 Å². The van der Waals surface area contributed by atoms with Gasteiger partial charge in [0.25, 0.3) is 0 Å². The van der Waals surface area contributed by atoms with Crippen LogP contribution in [0.15, 0.2) is 18.2 Å². The van der Waals surface area contributed by atoms with Crippen LogP contribution in [0.1, 0.15) is 11.3 Å². The third-order valence-electron chi connectivity index (χ3n) is 2.55. The van der Waals surface area contributed by atoms with Crippen LogP contribution in [0.5, 0.6) is 0 Å². The highest BCUT2D eigenvalue weighted by molar-refractivity contribution is 5.58. The molecular formula is C12H11F2N3.